The number of likely N-dealkylation sites (N-methyl/N-ethyl adjacent to an activating group) is 1. The van der Waals surface area contributed by atoms with E-state index >= 15 is 0 Å². The number of hydrogen-bond donors (Lipinski definition) is 1. The molecule has 0 atom stereocenters. The average Bonchev–Trinajstić information content (AvgIpc) is 2.96. The second kappa shape index (κ2) is 8.31. The third-order valence-electron chi connectivity index (χ3n) is 4.55. The van der Waals surface area contributed by atoms with Crippen molar-refractivity contribution < 1.29 is 13.2 Å². The fourth-order valence-corrected chi connectivity index (χ4v) is 3.35. The van der Waals surface area contributed by atoms with Gasteiger partial charge in [0.2, 0.25) is 0 Å². The van der Waals surface area contributed by atoms with Gasteiger partial charge in [-0.05, 0) is 68.2 Å². The van der Waals surface area contributed by atoms with Crippen LogP contribution in [0.25, 0.3) is 10.9 Å². The summed E-state index contributed by atoms with van der Waals surface area (Å²) in [5.74, 6) is 0. The number of hydrogen-bond acceptors (Lipinski definition) is 2. The molecule has 0 radical (unpaired) electrons. The zero-order chi connectivity index (χ0) is 19.4. The first-order chi connectivity index (χ1) is 12.9. The van der Waals surface area contributed by atoms with Crippen LogP contribution >= 0.6 is 11.6 Å². The first kappa shape index (κ1) is 19.7. The van der Waals surface area contributed by atoms with Crippen LogP contribution in [0.5, 0.6) is 0 Å². The van der Waals surface area contributed by atoms with E-state index in [0.717, 1.165) is 48.5 Å². The first-order valence-corrected chi connectivity index (χ1v) is 9.20. The molecule has 3 rings (SSSR count). The maximum atomic E-state index is 12.6. The highest BCUT2D eigenvalue weighted by molar-refractivity contribution is 6.31. The number of halogens is 4. The van der Waals surface area contributed by atoms with Crippen LogP contribution in [0.4, 0.5) is 13.2 Å². The molecule has 0 unspecified atom stereocenters. The lowest BCUT2D eigenvalue weighted by Gasteiger charge is -2.08. The minimum absolute atomic E-state index is 0.671. The molecule has 0 spiro atoms. The summed E-state index contributed by atoms with van der Waals surface area (Å²) in [4.78, 5) is 3.52. The van der Waals surface area contributed by atoms with Gasteiger partial charge in [0, 0.05) is 34.9 Å². The molecule has 1 aromatic carbocycles. The number of nitrogens with one attached hydrogen (secondary N) is 1. The largest absolute Gasteiger partial charge is 0.433 e. The number of fused-ring (bicyclic) bond motifs is 1. The summed E-state index contributed by atoms with van der Waals surface area (Å²) in [7, 11) is 1.92. The number of aromatic nitrogens is 2. The predicted molar refractivity (Wildman–Crippen MR) is 102 cm³/mol. The van der Waals surface area contributed by atoms with Gasteiger partial charge in [-0.2, -0.15) is 13.2 Å². The highest BCUT2D eigenvalue weighted by atomic mass is 35.5. The number of nitrogens with zero attached hydrogens (tertiary/aromatic N) is 2. The fourth-order valence-electron chi connectivity index (χ4n) is 3.18. The Kier molecular flexibility index (Phi) is 6.07. The standard InChI is InChI=1S/C20H21ClF3N3/c1-25-9-8-15-13-27(18-6-5-16(21)11-17(15)18)10-2-3-14-4-7-19(26-12-14)20(22,23)24/h4-7,11-13,25H,2-3,8-10H2,1H3. The van der Waals surface area contributed by atoms with Crippen LogP contribution < -0.4 is 5.32 Å². The van der Waals surface area contributed by atoms with Crippen molar-refractivity contribution in [2.45, 2.75) is 32.0 Å². The summed E-state index contributed by atoms with van der Waals surface area (Å²) in [5, 5.41) is 5.01. The van der Waals surface area contributed by atoms with Gasteiger partial charge in [-0.15, -0.1) is 0 Å². The summed E-state index contributed by atoms with van der Waals surface area (Å²) in [5.41, 5.74) is 2.31. The molecular formula is C20H21ClF3N3. The quantitative estimate of drug-likeness (QED) is 0.603. The van der Waals surface area contributed by atoms with Crippen molar-refractivity contribution in [3.63, 3.8) is 0 Å². The van der Waals surface area contributed by atoms with E-state index in [4.69, 9.17) is 11.6 Å². The molecule has 2 aromatic heterocycles. The van der Waals surface area contributed by atoms with E-state index in [1.54, 1.807) is 0 Å². The molecule has 2 heterocycles. The third-order valence-corrected chi connectivity index (χ3v) is 4.78. The molecule has 144 valence electrons. The molecule has 0 saturated carbocycles. The molecule has 0 saturated heterocycles. The molecule has 0 bridgehead atoms. The Labute approximate surface area is 161 Å². The van der Waals surface area contributed by atoms with Gasteiger partial charge >= 0.3 is 6.18 Å². The Morgan fingerprint density at radius 3 is 2.63 bits per heavy atom. The van der Waals surface area contributed by atoms with Gasteiger partial charge in [-0.1, -0.05) is 17.7 Å². The van der Waals surface area contributed by atoms with Gasteiger partial charge in [-0.25, -0.2) is 0 Å². The van der Waals surface area contributed by atoms with Crippen LogP contribution in [0.2, 0.25) is 5.02 Å². The van der Waals surface area contributed by atoms with Crippen LogP contribution in [-0.2, 0) is 25.6 Å². The van der Waals surface area contributed by atoms with Gasteiger partial charge in [0.25, 0.3) is 0 Å². The number of benzene rings is 1. The molecule has 3 aromatic rings. The third kappa shape index (κ3) is 4.82. The number of rotatable bonds is 7. The minimum atomic E-state index is -4.40. The van der Waals surface area contributed by atoms with E-state index in [-0.39, 0.29) is 0 Å². The number of alkyl halides is 3. The van der Waals surface area contributed by atoms with Crippen LogP contribution in [0, 0.1) is 0 Å². The van der Waals surface area contributed by atoms with Gasteiger partial charge < -0.3 is 9.88 Å². The summed E-state index contributed by atoms with van der Waals surface area (Å²) >= 11 is 6.15. The zero-order valence-corrected chi connectivity index (χ0v) is 15.7. The molecule has 1 N–H and O–H groups in total. The van der Waals surface area contributed by atoms with Crippen molar-refractivity contribution in [3.05, 3.63) is 64.6 Å². The number of aryl methyl sites for hydroxylation is 2. The van der Waals surface area contributed by atoms with Crippen LogP contribution in [0.1, 0.15) is 23.2 Å². The van der Waals surface area contributed by atoms with E-state index in [2.05, 4.69) is 21.1 Å². The summed E-state index contributed by atoms with van der Waals surface area (Å²) < 4.78 is 39.9. The van der Waals surface area contributed by atoms with Gasteiger partial charge in [0.15, 0.2) is 0 Å². The first-order valence-electron chi connectivity index (χ1n) is 8.82. The van der Waals surface area contributed by atoms with Crippen molar-refractivity contribution in [2.75, 3.05) is 13.6 Å². The van der Waals surface area contributed by atoms with Crippen molar-refractivity contribution in [1.82, 2.24) is 14.9 Å². The Morgan fingerprint density at radius 2 is 1.96 bits per heavy atom. The maximum Gasteiger partial charge on any atom is 0.433 e. The smallest absolute Gasteiger partial charge is 0.347 e. The topological polar surface area (TPSA) is 29.9 Å². The SMILES string of the molecule is CNCCc1cn(CCCc2ccc(C(F)(F)F)nc2)c2ccc(Cl)cc12. The van der Waals surface area contributed by atoms with Crippen molar-refractivity contribution in [2.24, 2.45) is 0 Å². The maximum absolute atomic E-state index is 12.6. The van der Waals surface area contributed by atoms with Gasteiger partial charge in [-0.3, -0.25) is 4.98 Å². The van der Waals surface area contributed by atoms with Crippen molar-refractivity contribution >= 4 is 22.5 Å². The summed E-state index contributed by atoms with van der Waals surface area (Å²) in [6.45, 7) is 1.65. The molecule has 0 fully saturated rings. The molecule has 27 heavy (non-hydrogen) atoms. The van der Waals surface area contributed by atoms with Crippen LogP contribution in [0.3, 0.4) is 0 Å². The second-order valence-corrected chi connectivity index (χ2v) is 6.95. The lowest BCUT2D eigenvalue weighted by Crippen LogP contribution is -2.10. The highest BCUT2D eigenvalue weighted by Gasteiger charge is 2.31. The molecular weight excluding hydrogens is 375 g/mol. The zero-order valence-electron chi connectivity index (χ0n) is 15.0. The Balaban J connectivity index is 1.69. The molecule has 0 aliphatic heterocycles. The van der Waals surface area contributed by atoms with E-state index in [0.29, 0.717) is 11.4 Å². The molecule has 0 aliphatic rings. The van der Waals surface area contributed by atoms with E-state index in [1.165, 1.54) is 17.8 Å². The highest BCUT2D eigenvalue weighted by Crippen LogP contribution is 2.28. The molecule has 0 amide bonds. The molecule has 0 aliphatic carbocycles. The normalized spacial score (nSPS) is 12.0. The molecule has 3 nitrogen and oxygen atoms in total. The summed E-state index contributed by atoms with van der Waals surface area (Å²) in [6, 6.07) is 8.42. The van der Waals surface area contributed by atoms with Gasteiger partial charge in [0.05, 0.1) is 0 Å². The summed E-state index contributed by atoms with van der Waals surface area (Å²) in [6.07, 6.45) is 1.45. The lowest BCUT2D eigenvalue weighted by atomic mass is 10.1. The van der Waals surface area contributed by atoms with E-state index < -0.39 is 11.9 Å². The Bertz CT molecular complexity index is 901. The minimum Gasteiger partial charge on any atom is -0.347 e. The average molecular weight is 396 g/mol. The Hall–Kier alpha value is -2.05. The number of pyridine rings is 1. The van der Waals surface area contributed by atoms with E-state index in [1.807, 2.05) is 25.2 Å². The van der Waals surface area contributed by atoms with Crippen LogP contribution in [-0.4, -0.2) is 23.1 Å². The molecule has 7 heteroatoms. The van der Waals surface area contributed by atoms with E-state index in [9.17, 15) is 13.2 Å². The monoisotopic (exact) mass is 395 g/mol. The van der Waals surface area contributed by atoms with Crippen molar-refractivity contribution in [3.8, 4) is 0 Å². The Morgan fingerprint density at radius 1 is 1.15 bits per heavy atom. The lowest BCUT2D eigenvalue weighted by molar-refractivity contribution is -0.141. The van der Waals surface area contributed by atoms with Gasteiger partial charge in [0.1, 0.15) is 5.69 Å². The van der Waals surface area contributed by atoms with Crippen molar-refractivity contribution in [1.29, 1.82) is 0 Å². The second-order valence-electron chi connectivity index (χ2n) is 6.52. The fraction of sp³-hybridized carbons (Fsp3) is 0.350. The van der Waals surface area contributed by atoms with Crippen LogP contribution in [0.15, 0.2) is 42.7 Å². The predicted octanol–water partition coefficient (Wildman–Crippen LogP) is 5.10.